The Hall–Kier alpha value is -2.59. The average Bonchev–Trinajstić information content (AvgIpc) is 2.62. The van der Waals surface area contributed by atoms with Gasteiger partial charge in [0.1, 0.15) is 17.2 Å². The van der Waals surface area contributed by atoms with Gasteiger partial charge in [0.25, 0.3) is 0 Å². The molecule has 5 heteroatoms. The molecular weight excluding hydrogens is 338 g/mol. The molecule has 1 N–H and O–H groups in total. The number of ketones is 1. The first-order valence-corrected chi connectivity index (χ1v) is 8.34. The van der Waals surface area contributed by atoms with Gasteiger partial charge in [0.05, 0.1) is 12.7 Å². The molecule has 0 aliphatic heterocycles. The van der Waals surface area contributed by atoms with E-state index in [-0.39, 0.29) is 23.0 Å². The number of ether oxygens (including phenoxy) is 1. The molecule has 0 aromatic heterocycles. The summed E-state index contributed by atoms with van der Waals surface area (Å²) in [5.41, 5.74) is 1.80. The number of aliphatic hydroxyl groups excluding tert-OH is 1. The van der Waals surface area contributed by atoms with E-state index in [0.29, 0.717) is 29.3 Å². The standard InChI is InChI=1S/C20H18ClNO3/c1-25-20-8-7-15(21)11-17(20)22-12-16-18(23)9-14(10-19(16)24)13-5-3-2-4-6-13/h2-8,11-12,14,23H,9-10H2,1H3. The zero-order chi connectivity index (χ0) is 17.8. The van der Waals surface area contributed by atoms with Gasteiger partial charge in [-0.2, -0.15) is 0 Å². The van der Waals surface area contributed by atoms with Gasteiger partial charge in [0, 0.05) is 24.1 Å². The van der Waals surface area contributed by atoms with Crippen molar-refractivity contribution in [2.24, 2.45) is 4.99 Å². The molecule has 0 radical (unpaired) electrons. The van der Waals surface area contributed by atoms with Crippen LogP contribution in [-0.2, 0) is 4.79 Å². The lowest BCUT2D eigenvalue weighted by atomic mass is 9.83. The second-order valence-electron chi connectivity index (χ2n) is 5.87. The van der Waals surface area contributed by atoms with Gasteiger partial charge in [-0.3, -0.25) is 9.79 Å². The Morgan fingerprint density at radius 2 is 1.96 bits per heavy atom. The Kier molecular flexibility index (Phi) is 5.19. The molecule has 0 amide bonds. The highest BCUT2D eigenvalue weighted by molar-refractivity contribution is 6.31. The van der Waals surface area contributed by atoms with Crippen LogP contribution in [0.1, 0.15) is 24.3 Å². The summed E-state index contributed by atoms with van der Waals surface area (Å²) in [6.07, 6.45) is 2.17. The molecule has 0 heterocycles. The highest BCUT2D eigenvalue weighted by atomic mass is 35.5. The number of aliphatic hydroxyl groups is 1. The van der Waals surface area contributed by atoms with Crippen molar-refractivity contribution in [1.29, 1.82) is 0 Å². The number of methoxy groups -OCH3 is 1. The Morgan fingerprint density at radius 3 is 2.64 bits per heavy atom. The summed E-state index contributed by atoms with van der Waals surface area (Å²) < 4.78 is 5.23. The van der Waals surface area contributed by atoms with Crippen LogP contribution in [0.4, 0.5) is 5.69 Å². The van der Waals surface area contributed by atoms with Crippen LogP contribution in [0.5, 0.6) is 5.75 Å². The molecule has 3 rings (SSSR count). The van der Waals surface area contributed by atoms with Crippen LogP contribution in [0.2, 0.25) is 5.02 Å². The summed E-state index contributed by atoms with van der Waals surface area (Å²) >= 11 is 5.98. The number of carbonyl (C=O) groups is 1. The molecule has 25 heavy (non-hydrogen) atoms. The summed E-state index contributed by atoms with van der Waals surface area (Å²) in [7, 11) is 1.54. The van der Waals surface area contributed by atoms with Crippen LogP contribution in [0, 0.1) is 0 Å². The molecule has 0 saturated heterocycles. The maximum Gasteiger partial charge on any atom is 0.168 e. The van der Waals surface area contributed by atoms with Crippen molar-refractivity contribution < 1.29 is 14.6 Å². The van der Waals surface area contributed by atoms with Crippen LogP contribution in [0.15, 0.2) is 64.9 Å². The molecule has 2 aromatic carbocycles. The number of nitrogens with zero attached hydrogens (tertiary/aromatic N) is 1. The average molecular weight is 356 g/mol. The van der Waals surface area contributed by atoms with E-state index < -0.39 is 0 Å². The number of hydrogen-bond acceptors (Lipinski definition) is 4. The smallest absolute Gasteiger partial charge is 0.168 e. The molecule has 0 spiro atoms. The number of hydrogen-bond donors (Lipinski definition) is 1. The second kappa shape index (κ2) is 7.53. The maximum absolute atomic E-state index is 12.5. The van der Waals surface area contributed by atoms with Crippen molar-refractivity contribution in [3.63, 3.8) is 0 Å². The molecule has 0 bridgehead atoms. The molecule has 2 aromatic rings. The molecule has 128 valence electrons. The maximum atomic E-state index is 12.5. The molecule has 1 atom stereocenters. The number of carbonyl (C=O) groups excluding carboxylic acids is 1. The molecule has 1 unspecified atom stereocenters. The Morgan fingerprint density at radius 1 is 1.20 bits per heavy atom. The third-order valence-electron chi connectivity index (χ3n) is 4.23. The van der Waals surface area contributed by atoms with Gasteiger partial charge < -0.3 is 9.84 Å². The van der Waals surface area contributed by atoms with E-state index in [1.165, 1.54) is 13.3 Å². The first kappa shape index (κ1) is 17.2. The summed E-state index contributed by atoms with van der Waals surface area (Å²) in [6, 6.07) is 14.8. The van der Waals surface area contributed by atoms with Gasteiger partial charge in [-0.05, 0) is 29.7 Å². The van der Waals surface area contributed by atoms with Crippen molar-refractivity contribution in [1.82, 2.24) is 0 Å². The lowest BCUT2D eigenvalue weighted by Gasteiger charge is -2.22. The summed E-state index contributed by atoms with van der Waals surface area (Å²) in [5.74, 6) is 0.481. The Bertz CT molecular complexity index is 843. The lowest BCUT2D eigenvalue weighted by Crippen LogP contribution is -2.19. The van der Waals surface area contributed by atoms with Gasteiger partial charge >= 0.3 is 0 Å². The fraction of sp³-hybridized carbons (Fsp3) is 0.200. The van der Waals surface area contributed by atoms with Gasteiger partial charge in [0.15, 0.2) is 5.78 Å². The number of rotatable bonds is 4. The number of aliphatic imine (C=N–C) groups is 1. The van der Waals surface area contributed by atoms with Crippen LogP contribution >= 0.6 is 11.6 Å². The van der Waals surface area contributed by atoms with E-state index in [4.69, 9.17) is 16.3 Å². The zero-order valence-corrected chi connectivity index (χ0v) is 14.5. The fourth-order valence-corrected chi connectivity index (χ4v) is 3.08. The van der Waals surface area contributed by atoms with Gasteiger partial charge in [-0.15, -0.1) is 0 Å². The zero-order valence-electron chi connectivity index (χ0n) is 13.8. The van der Waals surface area contributed by atoms with E-state index in [1.54, 1.807) is 18.2 Å². The predicted molar refractivity (Wildman–Crippen MR) is 99.2 cm³/mol. The molecule has 1 aliphatic carbocycles. The van der Waals surface area contributed by atoms with Crippen molar-refractivity contribution >= 4 is 29.3 Å². The van der Waals surface area contributed by atoms with Gasteiger partial charge in [-0.1, -0.05) is 41.9 Å². The summed E-state index contributed by atoms with van der Waals surface area (Å²) in [6.45, 7) is 0. The lowest BCUT2D eigenvalue weighted by molar-refractivity contribution is -0.116. The SMILES string of the molecule is COc1ccc(Cl)cc1N=CC1=C(O)CC(c2ccccc2)CC1=O. The van der Waals surface area contributed by atoms with Crippen molar-refractivity contribution in [3.05, 3.63) is 70.4 Å². The van der Waals surface area contributed by atoms with Crippen molar-refractivity contribution in [2.75, 3.05) is 7.11 Å². The molecule has 1 aliphatic rings. The highest BCUT2D eigenvalue weighted by Crippen LogP contribution is 2.34. The van der Waals surface area contributed by atoms with Crippen molar-refractivity contribution in [3.8, 4) is 5.75 Å². The summed E-state index contributed by atoms with van der Waals surface area (Å²) in [4.78, 5) is 16.8. The number of Topliss-reactive ketones (excluding diaryl/α,β-unsaturated/α-hetero) is 1. The van der Waals surface area contributed by atoms with Crippen LogP contribution < -0.4 is 4.74 Å². The normalized spacial score (nSPS) is 18.0. The highest BCUT2D eigenvalue weighted by Gasteiger charge is 2.27. The number of benzene rings is 2. The van der Waals surface area contributed by atoms with E-state index in [2.05, 4.69) is 4.99 Å². The van der Waals surface area contributed by atoms with E-state index in [1.807, 2.05) is 30.3 Å². The predicted octanol–water partition coefficient (Wildman–Crippen LogP) is 5.01. The molecule has 0 saturated carbocycles. The van der Waals surface area contributed by atoms with Crippen LogP contribution in [-0.4, -0.2) is 24.2 Å². The largest absolute Gasteiger partial charge is 0.511 e. The topological polar surface area (TPSA) is 58.9 Å². The third-order valence-corrected chi connectivity index (χ3v) is 4.46. The van der Waals surface area contributed by atoms with Crippen molar-refractivity contribution in [2.45, 2.75) is 18.8 Å². The quantitative estimate of drug-likeness (QED) is 0.784. The molecule has 4 nitrogen and oxygen atoms in total. The first-order valence-electron chi connectivity index (χ1n) is 7.96. The molecular formula is C20H18ClNO3. The van der Waals surface area contributed by atoms with Gasteiger partial charge in [-0.25, -0.2) is 0 Å². The van der Waals surface area contributed by atoms with E-state index in [0.717, 1.165) is 5.56 Å². The minimum absolute atomic E-state index is 0.00782. The van der Waals surface area contributed by atoms with Crippen LogP contribution in [0.25, 0.3) is 0 Å². The van der Waals surface area contributed by atoms with E-state index >= 15 is 0 Å². The Labute approximate surface area is 151 Å². The minimum atomic E-state index is -0.123. The third kappa shape index (κ3) is 3.91. The van der Waals surface area contributed by atoms with E-state index in [9.17, 15) is 9.90 Å². The number of halogens is 1. The van der Waals surface area contributed by atoms with Crippen LogP contribution in [0.3, 0.4) is 0 Å². The Balaban J connectivity index is 1.85. The number of allylic oxidation sites excluding steroid dienone is 2. The molecule has 0 fully saturated rings. The monoisotopic (exact) mass is 355 g/mol. The second-order valence-corrected chi connectivity index (χ2v) is 6.31. The van der Waals surface area contributed by atoms with Gasteiger partial charge in [0.2, 0.25) is 0 Å². The first-order chi connectivity index (χ1) is 12.1. The summed E-state index contributed by atoms with van der Waals surface area (Å²) in [5, 5.41) is 10.9. The fourth-order valence-electron chi connectivity index (χ4n) is 2.92. The minimum Gasteiger partial charge on any atom is -0.511 e.